The van der Waals surface area contributed by atoms with Crippen LogP contribution >= 0.6 is 0 Å². The molecular formula is C9H15N3. The number of nitrogens with one attached hydrogen (secondary N) is 1. The zero-order valence-electron chi connectivity index (χ0n) is 7.67. The molecule has 3 nitrogen and oxygen atoms in total. The van der Waals surface area contributed by atoms with Crippen LogP contribution < -0.4 is 5.32 Å². The average molecular weight is 165 g/mol. The van der Waals surface area contributed by atoms with Gasteiger partial charge < -0.3 is 5.32 Å². The van der Waals surface area contributed by atoms with Crippen LogP contribution in [0.4, 0.5) is 0 Å². The van der Waals surface area contributed by atoms with Crippen LogP contribution in [0.3, 0.4) is 0 Å². The molecule has 1 heterocycles. The Morgan fingerprint density at radius 1 is 1.42 bits per heavy atom. The fourth-order valence-electron chi connectivity index (χ4n) is 0.960. The van der Waals surface area contributed by atoms with E-state index in [0.29, 0.717) is 0 Å². The van der Waals surface area contributed by atoms with Crippen molar-refractivity contribution in [3.05, 3.63) is 23.8 Å². The zero-order valence-corrected chi connectivity index (χ0v) is 7.67. The zero-order chi connectivity index (χ0) is 8.81. The van der Waals surface area contributed by atoms with E-state index in [1.54, 1.807) is 0 Å². The Labute approximate surface area is 73.2 Å². The minimum atomic E-state index is 0.768. The van der Waals surface area contributed by atoms with Crippen LogP contribution in [-0.2, 0) is 13.0 Å². The minimum absolute atomic E-state index is 0.768. The van der Waals surface area contributed by atoms with E-state index in [1.807, 2.05) is 12.3 Å². The smallest absolute Gasteiger partial charge is 0.142 e. The summed E-state index contributed by atoms with van der Waals surface area (Å²) in [6.45, 7) is 5.90. The molecule has 0 saturated carbocycles. The van der Waals surface area contributed by atoms with E-state index in [1.165, 1.54) is 0 Å². The summed E-state index contributed by atoms with van der Waals surface area (Å²) >= 11 is 0. The summed E-state index contributed by atoms with van der Waals surface area (Å²) < 4.78 is 0. The van der Waals surface area contributed by atoms with Crippen molar-refractivity contribution in [3.63, 3.8) is 0 Å². The third-order valence-electron chi connectivity index (χ3n) is 1.66. The molecule has 0 spiro atoms. The number of hydrogen-bond donors (Lipinski definition) is 1. The van der Waals surface area contributed by atoms with Gasteiger partial charge in [0.2, 0.25) is 0 Å². The topological polar surface area (TPSA) is 37.8 Å². The number of rotatable bonds is 4. The minimum Gasteiger partial charge on any atom is -0.310 e. The van der Waals surface area contributed by atoms with Crippen LogP contribution in [0.15, 0.2) is 12.3 Å². The highest BCUT2D eigenvalue weighted by Gasteiger charge is 1.95. The lowest BCUT2D eigenvalue weighted by molar-refractivity contribution is 0.685. The normalized spacial score (nSPS) is 10.2. The molecule has 1 aromatic heterocycles. The maximum absolute atomic E-state index is 4.36. The molecule has 66 valence electrons. The summed E-state index contributed by atoms with van der Waals surface area (Å²) in [5.41, 5.74) is 1.11. The molecule has 12 heavy (non-hydrogen) atoms. The Hall–Kier alpha value is -0.960. The molecule has 0 aliphatic rings. The van der Waals surface area contributed by atoms with Gasteiger partial charge in [0, 0.05) is 11.9 Å². The highest BCUT2D eigenvalue weighted by Crippen LogP contribution is 1.95. The average Bonchev–Trinajstić information content (AvgIpc) is 2.15. The number of hydrogen-bond acceptors (Lipinski definition) is 3. The molecule has 0 saturated heterocycles. The van der Waals surface area contributed by atoms with E-state index < -0.39 is 0 Å². The lowest BCUT2D eigenvalue weighted by Gasteiger charge is -2.01. The first kappa shape index (κ1) is 9.13. The fourth-order valence-corrected chi connectivity index (χ4v) is 0.960. The highest BCUT2D eigenvalue weighted by atomic mass is 15.0. The van der Waals surface area contributed by atoms with Gasteiger partial charge in [0.15, 0.2) is 0 Å². The van der Waals surface area contributed by atoms with E-state index >= 15 is 0 Å². The monoisotopic (exact) mass is 165 g/mol. The molecular weight excluding hydrogens is 150 g/mol. The van der Waals surface area contributed by atoms with E-state index in [0.717, 1.165) is 31.0 Å². The molecule has 1 rings (SSSR count). The lowest BCUT2D eigenvalue weighted by atomic mass is 10.3. The molecule has 0 atom stereocenters. The number of nitrogens with zero attached hydrogens (tertiary/aromatic N) is 2. The second-order valence-electron chi connectivity index (χ2n) is 2.60. The largest absolute Gasteiger partial charge is 0.310 e. The van der Waals surface area contributed by atoms with Crippen LogP contribution in [0.5, 0.6) is 0 Å². The van der Waals surface area contributed by atoms with E-state index in [-0.39, 0.29) is 0 Å². The van der Waals surface area contributed by atoms with E-state index in [2.05, 4.69) is 29.1 Å². The molecule has 3 heteroatoms. The van der Waals surface area contributed by atoms with Crippen molar-refractivity contribution in [2.75, 3.05) is 6.54 Å². The van der Waals surface area contributed by atoms with Crippen molar-refractivity contribution in [1.82, 2.24) is 15.3 Å². The van der Waals surface area contributed by atoms with Crippen LogP contribution in [0, 0.1) is 0 Å². The summed E-state index contributed by atoms with van der Waals surface area (Å²) in [5.74, 6) is 0.885. The fraction of sp³-hybridized carbons (Fsp3) is 0.556. The molecule has 1 N–H and O–H groups in total. The molecule has 1 aromatic rings. The van der Waals surface area contributed by atoms with E-state index in [4.69, 9.17) is 0 Å². The second-order valence-corrected chi connectivity index (χ2v) is 2.60. The van der Waals surface area contributed by atoms with Crippen LogP contribution in [0.1, 0.15) is 25.4 Å². The second kappa shape index (κ2) is 4.83. The summed E-state index contributed by atoms with van der Waals surface area (Å²) in [6, 6.07) is 1.95. The Balaban J connectivity index is 2.60. The summed E-state index contributed by atoms with van der Waals surface area (Å²) in [6.07, 6.45) is 2.79. The summed E-state index contributed by atoms with van der Waals surface area (Å²) in [7, 11) is 0. The molecule has 0 fully saturated rings. The summed E-state index contributed by atoms with van der Waals surface area (Å²) in [4.78, 5) is 8.51. The standard InChI is InChI=1S/C9H15N3/c1-3-8-5-6-11-9(12-8)7-10-4-2/h5-6,10H,3-4,7H2,1-2H3. The Kier molecular flexibility index (Phi) is 3.67. The third-order valence-corrected chi connectivity index (χ3v) is 1.66. The van der Waals surface area contributed by atoms with Gasteiger partial charge in [-0.25, -0.2) is 9.97 Å². The van der Waals surface area contributed by atoms with Crippen molar-refractivity contribution in [2.45, 2.75) is 26.8 Å². The molecule has 0 aliphatic carbocycles. The van der Waals surface area contributed by atoms with Crippen LogP contribution in [-0.4, -0.2) is 16.5 Å². The van der Waals surface area contributed by atoms with Crippen LogP contribution in [0.2, 0.25) is 0 Å². The van der Waals surface area contributed by atoms with Gasteiger partial charge in [-0.1, -0.05) is 13.8 Å². The molecule has 0 aromatic carbocycles. The molecule has 0 bridgehead atoms. The van der Waals surface area contributed by atoms with Crippen molar-refractivity contribution < 1.29 is 0 Å². The molecule has 0 unspecified atom stereocenters. The Morgan fingerprint density at radius 2 is 2.25 bits per heavy atom. The predicted octanol–water partition coefficient (Wildman–Crippen LogP) is 1.15. The van der Waals surface area contributed by atoms with Gasteiger partial charge in [0.05, 0.1) is 6.54 Å². The van der Waals surface area contributed by atoms with Crippen LogP contribution in [0.25, 0.3) is 0 Å². The van der Waals surface area contributed by atoms with Gasteiger partial charge in [0.1, 0.15) is 5.82 Å². The quantitative estimate of drug-likeness (QED) is 0.727. The van der Waals surface area contributed by atoms with Crippen molar-refractivity contribution in [2.24, 2.45) is 0 Å². The maximum atomic E-state index is 4.36. The number of aromatic nitrogens is 2. The predicted molar refractivity (Wildman–Crippen MR) is 48.8 cm³/mol. The molecule has 0 radical (unpaired) electrons. The van der Waals surface area contributed by atoms with Gasteiger partial charge in [-0.2, -0.15) is 0 Å². The number of aryl methyl sites for hydroxylation is 1. The van der Waals surface area contributed by atoms with Gasteiger partial charge in [-0.05, 0) is 19.0 Å². The Bertz CT molecular complexity index is 235. The first-order valence-corrected chi connectivity index (χ1v) is 4.38. The first-order chi connectivity index (χ1) is 5.86. The molecule has 0 amide bonds. The van der Waals surface area contributed by atoms with Gasteiger partial charge >= 0.3 is 0 Å². The first-order valence-electron chi connectivity index (χ1n) is 4.38. The summed E-state index contributed by atoms with van der Waals surface area (Å²) in [5, 5.41) is 3.19. The lowest BCUT2D eigenvalue weighted by Crippen LogP contribution is -2.14. The van der Waals surface area contributed by atoms with Crippen molar-refractivity contribution in [3.8, 4) is 0 Å². The highest BCUT2D eigenvalue weighted by molar-refractivity contribution is 5.01. The van der Waals surface area contributed by atoms with Gasteiger partial charge in [-0.3, -0.25) is 0 Å². The van der Waals surface area contributed by atoms with Gasteiger partial charge in [-0.15, -0.1) is 0 Å². The van der Waals surface area contributed by atoms with Crippen molar-refractivity contribution in [1.29, 1.82) is 0 Å². The van der Waals surface area contributed by atoms with E-state index in [9.17, 15) is 0 Å². The van der Waals surface area contributed by atoms with Crippen molar-refractivity contribution >= 4 is 0 Å². The molecule has 0 aliphatic heterocycles. The van der Waals surface area contributed by atoms with Gasteiger partial charge in [0.25, 0.3) is 0 Å². The maximum Gasteiger partial charge on any atom is 0.142 e. The SMILES string of the molecule is CCNCc1nccc(CC)n1. The Morgan fingerprint density at radius 3 is 2.92 bits per heavy atom. The third kappa shape index (κ3) is 2.58.